The molecule has 0 radical (unpaired) electrons. The molecule has 24 heavy (non-hydrogen) atoms. The van der Waals surface area contributed by atoms with Crippen LogP contribution < -0.4 is 5.32 Å². The Morgan fingerprint density at radius 1 is 1.29 bits per heavy atom. The Kier molecular flexibility index (Phi) is 7.79. The lowest BCUT2D eigenvalue weighted by atomic mass is 10.1. The fraction of sp³-hybridized carbons (Fsp3) is 0.722. The van der Waals surface area contributed by atoms with Crippen molar-refractivity contribution < 1.29 is 18.8 Å². The largest absolute Gasteiger partial charge is 0.462 e. The molecule has 1 aromatic rings. The lowest BCUT2D eigenvalue weighted by molar-refractivity contribution is -0.141. The number of carbonyl (C=O) groups excluding carboxylic acids is 2. The van der Waals surface area contributed by atoms with E-state index in [0.717, 1.165) is 50.7 Å². The molecule has 0 aliphatic carbocycles. The van der Waals surface area contributed by atoms with Gasteiger partial charge < -0.3 is 14.6 Å². The van der Waals surface area contributed by atoms with Gasteiger partial charge >= 0.3 is 5.97 Å². The highest BCUT2D eigenvalue weighted by Gasteiger charge is 2.22. The maximum Gasteiger partial charge on any atom is 0.306 e. The van der Waals surface area contributed by atoms with Gasteiger partial charge in [0.25, 0.3) is 5.91 Å². The molecule has 1 unspecified atom stereocenters. The Labute approximate surface area is 143 Å². The monoisotopic (exact) mass is 336 g/mol. The molecule has 1 aliphatic rings. The van der Waals surface area contributed by atoms with E-state index < -0.39 is 0 Å². The molecule has 1 N–H and O–H groups in total. The molecule has 0 spiro atoms. The number of esters is 1. The van der Waals surface area contributed by atoms with Gasteiger partial charge in [0, 0.05) is 25.5 Å². The third-order valence-corrected chi connectivity index (χ3v) is 4.28. The second-order valence-corrected chi connectivity index (χ2v) is 6.39. The van der Waals surface area contributed by atoms with E-state index in [9.17, 15) is 9.59 Å². The summed E-state index contributed by atoms with van der Waals surface area (Å²) in [6.45, 7) is 2.84. The molecule has 1 fully saturated rings. The van der Waals surface area contributed by atoms with Crippen molar-refractivity contribution >= 4 is 11.9 Å². The number of rotatable bonds is 11. The van der Waals surface area contributed by atoms with Gasteiger partial charge in [0.1, 0.15) is 11.9 Å². The lowest BCUT2D eigenvalue weighted by Gasteiger charge is -2.07. The molecule has 1 aromatic heterocycles. The summed E-state index contributed by atoms with van der Waals surface area (Å²) in [7, 11) is 0. The van der Waals surface area contributed by atoms with E-state index in [0.29, 0.717) is 18.7 Å². The maximum atomic E-state index is 11.9. The molecular weight excluding hydrogens is 308 g/mol. The van der Waals surface area contributed by atoms with Crippen molar-refractivity contribution in [3.8, 4) is 0 Å². The van der Waals surface area contributed by atoms with Crippen molar-refractivity contribution in [2.45, 2.75) is 77.2 Å². The quantitative estimate of drug-likeness (QED) is 0.495. The zero-order valence-corrected chi connectivity index (χ0v) is 14.5. The van der Waals surface area contributed by atoms with Gasteiger partial charge in [-0.1, -0.05) is 31.3 Å². The van der Waals surface area contributed by atoms with E-state index >= 15 is 0 Å². The fourth-order valence-electron chi connectivity index (χ4n) is 2.84. The van der Waals surface area contributed by atoms with Crippen molar-refractivity contribution in [2.75, 3.05) is 6.54 Å². The number of carbonyl (C=O) groups is 2. The SMILES string of the molecule is CCCCCCNC(=O)c1cc(CCCCC2CCC(=O)O2)on1. The molecule has 0 saturated carbocycles. The molecule has 0 bridgehead atoms. The van der Waals surface area contributed by atoms with Crippen LogP contribution in [0.15, 0.2) is 10.6 Å². The van der Waals surface area contributed by atoms with Crippen molar-refractivity contribution in [2.24, 2.45) is 0 Å². The summed E-state index contributed by atoms with van der Waals surface area (Å²) < 4.78 is 10.4. The van der Waals surface area contributed by atoms with Crippen LogP contribution in [-0.2, 0) is 16.0 Å². The summed E-state index contributed by atoms with van der Waals surface area (Å²) in [6.07, 6.45) is 9.52. The zero-order valence-electron chi connectivity index (χ0n) is 14.5. The van der Waals surface area contributed by atoms with Gasteiger partial charge in [-0.2, -0.15) is 0 Å². The van der Waals surface area contributed by atoms with E-state index in [-0.39, 0.29) is 18.0 Å². The van der Waals surface area contributed by atoms with Gasteiger partial charge in [0.05, 0.1) is 0 Å². The number of hydrogen-bond donors (Lipinski definition) is 1. The minimum Gasteiger partial charge on any atom is -0.462 e. The molecule has 1 aliphatic heterocycles. The highest BCUT2D eigenvalue weighted by Crippen LogP contribution is 2.19. The van der Waals surface area contributed by atoms with E-state index in [4.69, 9.17) is 9.26 Å². The molecule has 6 heteroatoms. The third-order valence-electron chi connectivity index (χ3n) is 4.28. The van der Waals surface area contributed by atoms with Crippen molar-refractivity contribution in [3.63, 3.8) is 0 Å². The van der Waals surface area contributed by atoms with Gasteiger partial charge in [0.15, 0.2) is 5.69 Å². The number of aryl methyl sites for hydroxylation is 1. The highest BCUT2D eigenvalue weighted by molar-refractivity contribution is 5.92. The van der Waals surface area contributed by atoms with Crippen LogP contribution in [-0.4, -0.2) is 29.7 Å². The maximum absolute atomic E-state index is 11.9. The number of unbranched alkanes of at least 4 members (excludes halogenated alkanes) is 4. The standard InChI is InChI=1S/C18H28N2O4/c1-2-3-4-7-12-19-18(22)16-13-15(24-20-16)9-6-5-8-14-10-11-17(21)23-14/h13-14H,2-12H2,1H3,(H,19,22). The summed E-state index contributed by atoms with van der Waals surface area (Å²) in [4.78, 5) is 23.0. The molecule has 1 atom stereocenters. The van der Waals surface area contributed by atoms with E-state index in [1.807, 2.05) is 0 Å². The summed E-state index contributed by atoms with van der Waals surface area (Å²) in [5.74, 6) is 0.481. The average Bonchev–Trinajstić information content (AvgIpc) is 3.20. The molecule has 6 nitrogen and oxygen atoms in total. The van der Waals surface area contributed by atoms with Crippen LogP contribution in [0.25, 0.3) is 0 Å². The van der Waals surface area contributed by atoms with Crippen LogP contribution in [0.3, 0.4) is 0 Å². The number of nitrogens with one attached hydrogen (secondary N) is 1. The van der Waals surface area contributed by atoms with E-state index in [2.05, 4.69) is 17.4 Å². The Balaban J connectivity index is 1.59. The topological polar surface area (TPSA) is 81.4 Å². The first-order chi connectivity index (χ1) is 11.7. The summed E-state index contributed by atoms with van der Waals surface area (Å²) >= 11 is 0. The minimum atomic E-state index is -0.167. The van der Waals surface area contributed by atoms with Crippen molar-refractivity contribution in [3.05, 3.63) is 17.5 Å². The van der Waals surface area contributed by atoms with Crippen LogP contribution in [0.4, 0.5) is 0 Å². The number of hydrogen-bond acceptors (Lipinski definition) is 5. The van der Waals surface area contributed by atoms with Gasteiger partial charge in [0.2, 0.25) is 0 Å². The van der Waals surface area contributed by atoms with Crippen LogP contribution in [0.1, 0.15) is 81.0 Å². The third kappa shape index (κ3) is 6.34. The Hall–Kier alpha value is -1.85. The Morgan fingerprint density at radius 3 is 2.92 bits per heavy atom. The fourth-order valence-corrected chi connectivity index (χ4v) is 2.84. The number of cyclic esters (lactones) is 1. The average molecular weight is 336 g/mol. The molecule has 2 rings (SSSR count). The highest BCUT2D eigenvalue weighted by atomic mass is 16.5. The van der Waals surface area contributed by atoms with Gasteiger partial charge in [-0.25, -0.2) is 0 Å². The first-order valence-corrected chi connectivity index (χ1v) is 9.12. The molecule has 134 valence electrons. The van der Waals surface area contributed by atoms with Crippen molar-refractivity contribution in [1.29, 1.82) is 0 Å². The molecule has 2 heterocycles. The molecule has 1 amide bonds. The number of amides is 1. The van der Waals surface area contributed by atoms with Gasteiger partial charge in [-0.15, -0.1) is 0 Å². The number of ether oxygens (including phenoxy) is 1. The summed E-state index contributed by atoms with van der Waals surface area (Å²) in [5.41, 5.74) is 0.352. The Morgan fingerprint density at radius 2 is 2.17 bits per heavy atom. The van der Waals surface area contributed by atoms with Crippen LogP contribution in [0.5, 0.6) is 0 Å². The second-order valence-electron chi connectivity index (χ2n) is 6.39. The predicted octanol–water partition coefficient (Wildman–Crippen LogP) is 3.40. The first-order valence-electron chi connectivity index (χ1n) is 9.12. The zero-order chi connectivity index (χ0) is 17.2. The normalized spacial score (nSPS) is 17.0. The van der Waals surface area contributed by atoms with E-state index in [1.54, 1.807) is 6.07 Å². The lowest BCUT2D eigenvalue weighted by Crippen LogP contribution is -2.24. The van der Waals surface area contributed by atoms with Gasteiger partial charge in [-0.05, 0) is 32.1 Å². The first kappa shape index (κ1) is 18.5. The van der Waals surface area contributed by atoms with Crippen LogP contribution in [0, 0.1) is 0 Å². The minimum absolute atomic E-state index is 0.0828. The Bertz CT molecular complexity index is 527. The summed E-state index contributed by atoms with van der Waals surface area (Å²) in [6, 6.07) is 1.72. The number of nitrogens with zero attached hydrogens (tertiary/aromatic N) is 1. The van der Waals surface area contributed by atoms with Gasteiger partial charge in [-0.3, -0.25) is 9.59 Å². The predicted molar refractivity (Wildman–Crippen MR) is 89.6 cm³/mol. The summed E-state index contributed by atoms with van der Waals surface area (Å²) in [5, 5.41) is 6.71. The molecule has 1 saturated heterocycles. The number of aromatic nitrogens is 1. The van der Waals surface area contributed by atoms with Crippen LogP contribution >= 0.6 is 0 Å². The molecular formula is C18H28N2O4. The second kappa shape index (κ2) is 10.1. The van der Waals surface area contributed by atoms with E-state index in [1.165, 1.54) is 12.8 Å². The van der Waals surface area contributed by atoms with Crippen molar-refractivity contribution in [1.82, 2.24) is 10.5 Å². The molecule has 0 aromatic carbocycles. The van der Waals surface area contributed by atoms with Crippen LogP contribution in [0.2, 0.25) is 0 Å². The smallest absolute Gasteiger partial charge is 0.306 e.